The first-order valence-electron chi connectivity index (χ1n) is 6.96. The molecule has 0 radical (unpaired) electrons. The van der Waals surface area contributed by atoms with Crippen LogP contribution in [0.25, 0.3) is 15.2 Å². The predicted octanol–water partition coefficient (Wildman–Crippen LogP) is 1.81. The van der Waals surface area contributed by atoms with Crippen molar-refractivity contribution in [1.82, 2.24) is 14.7 Å². The summed E-state index contributed by atoms with van der Waals surface area (Å²) in [5, 5.41) is 2.83. The van der Waals surface area contributed by atoms with Gasteiger partial charge in [0.15, 0.2) is 4.96 Å². The third kappa shape index (κ3) is 2.05. The van der Waals surface area contributed by atoms with Crippen molar-refractivity contribution in [2.45, 2.75) is 18.9 Å². The van der Waals surface area contributed by atoms with Crippen LogP contribution in [-0.4, -0.2) is 28.4 Å². The van der Waals surface area contributed by atoms with Crippen LogP contribution in [0.4, 0.5) is 0 Å². The molecule has 0 spiro atoms. The number of fused-ring (bicyclic) bond motifs is 3. The van der Waals surface area contributed by atoms with Crippen LogP contribution in [0, 0.1) is 0 Å². The lowest BCUT2D eigenvalue weighted by atomic mass is 10.3. The lowest BCUT2D eigenvalue weighted by molar-refractivity contribution is 0.0949. The maximum Gasteiger partial charge on any atom is 0.271 e. The van der Waals surface area contributed by atoms with E-state index in [1.165, 1.54) is 21.9 Å². The molecular weight excluding hydrogens is 302 g/mol. The summed E-state index contributed by atoms with van der Waals surface area (Å²) >= 11 is 1.39. The van der Waals surface area contributed by atoms with Gasteiger partial charge in [-0.1, -0.05) is 11.3 Å². The molecule has 0 bridgehead atoms. The molecule has 6 nitrogen and oxygen atoms in total. The number of hydrogen-bond donors (Lipinski definition) is 1. The highest BCUT2D eigenvalue weighted by molar-refractivity contribution is 7.23. The number of nitrogens with zero attached hydrogens (tertiary/aromatic N) is 2. The Bertz CT molecular complexity index is 956. The summed E-state index contributed by atoms with van der Waals surface area (Å²) in [6, 6.07) is 5.66. The Labute approximate surface area is 129 Å². The van der Waals surface area contributed by atoms with Gasteiger partial charge in [-0.3, -0.25) is 14.0 Å². The largest absolute Gasteiger partial charge is 0.497 e. The van der Waals surface area contributed by atoms with E-state index in [4.69, 9.17) is 4.74 Å². The molecule has 1 amide bonds. The van der Waals surface area contributed by atoms with Crippen molar-refractivity contribution >= 4 is 32.4 Å². The number of ether oxygens (including phenoxy) is 1. The second kappa shape index (κ2) is 4.81. The van der Waals surface area contributed by atoms with Crippen molar-refractivity contribution < 1.29 is 9.53 Å². The Balaban J connectivity index is 1.91. The summed E-state index contributed by atoms with van der Waals surface area (Å²) in [6.07, 6.45) is 3.32. The van der Waals surface area contributed by atoms with Crippen molar-refractivity contribution in [3.63, 3.8) is 0 Å². The Kier molecular flexibility index (Phi) is 2.90. The third-order valence-corrected chi connectivity index (χ3v) is 4.71. The minimum atomic E-state index is -0.345. The molecule has 2 heterocycles. The summed E-state index contributed by atoms with van der Waals surface area (Å²) in [5.41, 5.74) is 0.485. The first-order chi connectivity index (χ1) is 10.7. The zero-order valence-corrected chi connectivity index (χ0v) is 12.6. The van der Waals surface area contributed by atoms with Crippen LogP contribution in [0.15, 0.2) is 29.2 Å². The third-order valence-electron chi connectivity index (χ3n) is 3.70. The minimum Gasteiger partial charge on any atom is -0.497 e. The Morgan fingerprint density at radius 3 is 3.00 bits per heavy atom. The number of carbonyl (C=O) groups excluding carboxylic acids is 1. The van der Waals surface area contributed by atoms with Gasteiger partial charge in [0.2, 0.25) is 0 Å². The molecule has 112 valence electrons. The highest BCUT2D eigenvalue weighted by Gasteiger charge is 2.25. The Morgan fingerprint density at radius 1 is 1.45 bits per heavy atom. The Hall–Kier alpha value is -2.41. The molecule has 0 unspecified atom stereocenters. The van der Waals surface area contributed by atoms with Crippen LogP contribution < -0.4 is 15.6 Å². The molecule has 1 aliphatic carbocycles. The van der Waals surface area contributed by atoms with Crippen molar-refractivity contribution in [3.05, 3.63) is 40.3 Å². The van der Waals surface area contributed by atoms with Crippen LogP contribution in [-0.2, 0) is 0 Å². The van der Waals surface area contributed by atoms with Gasteiger partial charge in [0.05, 0.1) is 17.3 Å². The van der Waals surface area contributed by atoms with Crippen molar-refractivity contribution in [3.8, 4) is 5.75 Å². The fraction of sp³-hybridized carbons (Fsp3) is 0.267. The zero-order chi connectivity index (χ0) is 15.3. The molecule has 1 aromatic carbocycles. The summed E-state index contributed by atoms with van der Waals surface area (Å²) in [6.45, 7) is 0. The van der Waals surface area contributed by atoms with Gasteiger partial charge in [-0.05, 0) is 31.0 Å². The SMILES string of the molecule is COc1ccc2c(c1)sc1ncc(C(=O)NC3CC3)c(=O)n12. The summed E-state index contributed by atoms with van der Waals surface area (Å²) in [7, 11) is 1.60. The number of hydrogen-bond acceptors (Lipinski definition) is 5. The van der Waals surface area contributed by atoms with Crippen molar-refractivity contribution in [2.75, 3.05) is 7.11 Å². The van der Waals surface area contributed by atoms with Crippen LogP contribution in [0.3, 0.4) is 0 Å². The van der Waals surface area contributed by atoms with Gasteiger partial charge in [-0.2, -0.15) is 0 Å². The molecule has 0 aliphatic heterocycles. The molecule has 2 aromatic heterocycles. The monoisotopic (exact) mass is 315 g/mol. The summed E-state index contributed by atoms with van der Waals surface area (Å²) in [4.78, 5) is 29.6. The van der Waals surface area contributed by atoms with Crippen molar-refractivity contribution in [2.24, 2.45) is 0 Å². The number of methoxy groups -OCH3 is 1. The number of benzene rings is 1. The molecule has 1 saturated carbocycles. The molecule has 1 fully saturated rings. The predicted molar refractivity (Wildman–Crippen MR) is 83.9 cm³/mol. The minimum absolute atomic E-state index is 0.0833. The van der Waals surface area contributed by atoms with Gasteiger partial charge >= 0.3 is 0 Å². The van der Waals surface area contributed by atoms with Gasteiger partial charge < -0.3 is 10.1 Å². The molecule has 1 aliphatic rings. The molecule has 0 saturated heterocycles. The van der Waals surface area contributed by atoms with E-state index in [1.54, 1.807) is 13.2 Å². The fourth-order valence-corrected chi connectivity index (χ4v) is 3.37. The molecule has 7 heteroatoms. The van der Waals surface area contributed by atoms with E-state index < -0.39 is 0 Å². The number of rotatable bonds is 3. The molecule has 22 heavy (non-hydrogen) atoms. The topological polar surface area (TPSA) is 72.7 Å². The van der Waals surface area contributed by atoms with E-state index in [0.717, 1.165) is 28.8 Å². The first-order valence-corrected chi connectivity index (χ1v) is 7.78. The first kappa shape index (κ1) is 13.3. The van der Waals surface area contributed by atoms with Gasteiger partial charge in [0, 0.05) is 12.2 Å². The van der Waals surface area contributed by atoms with Crippen molar-refractivity contribution in [1.29, 1.82) is 0 Å². The lowest BCUT2D eigenvalue weighted by Gasteiger charge is -2.03. The second-order valence-electron chi connectivity index (χ2n) is 5.28. The van der Waals surface area contributed by atoms with E-state index in [0.29, 0.717) is 4.96 Å². The molecule has 4 rings (SSSR count). The van der Waals surface area contributed by atoms with E-state index >= 15 is 0 Å². The number of carbonyl (C=O) groups is 1. The van der Waals surface area contributed by atoms with E-state index in [-0.39, 0.29) is 23.1 Å². The van der Waals surface area contributed by atoms with Crippen LogP contribution in [0.2, 0.25) is 0 Å². The molecular formula is C15H13N3O3S. The van der Waals surface area contributed by atoms with Gasteiger partial charge in [0.1, 0.15) is 11.3 Å². The standard InChI is InChI=1S/C15H13N3O3S/c1-21-9-4-5-11-12(6-9)22-15-16-7-10(14(20)18(11)15)13(19)17-8-2-3-8/h4-8H,2-3H2,1H3,(H,17,19). The number of amides is 1. The average molecular weight is 315 g/mol. The van der Waals surface area contributed by atoms with Crippen LogP contribution >= 0.6 is 11.3 Å². The molecule has 1 N–H and O–H groups in total. The molecule has 3 aromatic rings. The molecule has 0 atom stereocenters. The zero-order valence-electron chi connectivity index (χ0n) is 11.8. The van der Waals surface area contributed by atoms with Gasteiger partial charge in [0.25, 0.3) is 11.5 Å². The number of aromatic nitrogens is 2. The smallest absolute Gasteiger partial charge is 0.271 e. The summed E-state index contributed by atoms with van der Waals surface area (Å²) in [5.74, 6) is 0.376. The highest BCUT2D eigenvalue weighted by Crippen LogP contribution is 2.27. The number of thiazole rings is 1. The maximum absolute atomic E-state index is 12.6. The highest BCUT2D eigenvalue weighted by atomic mass is 32.1. The van der Waals surface area contributed by atoms with E-state index in [2.05, 4.69) is 10.3 Å². The fourth-order valence-electron chi connectivity index (χ4n) is 2.36. The van der Waals surface area contributed by atoms with E-state index in [9.17, 15) is 9.59 Å². The second-order valence-corrected chi connectivity index (χ2v) is 6.29. The quantitative estimate of drug-likeness (QED) is 0.800. The Morgan fingerprint density at radius 2 is 2.27 bits per heavy atom. The van der Waals surface area contributed by atoms with Gasteiger partial charge in [-0.25, -0.2) is 4.98 Å². The van der Waals surface area contributed by atoms with E-state index in [1.807, 2.05) is 12.1 Å². The number of nitrogens with one attached hydrogen (secondary N) is 1. The normalized spacial score (nSPS) is 14.4. The summed E-state index contributed by atoms with van der Waals surface area (Å²) < 4.78 is 7.58. The average Bonchev–Trinajstić information content (AvgIpc) is 3.24. The maximum atomic E-state index is 12.6. The van der Waals surface area contributed by atoms with Crippen LogP contribution in [0.1, 0.15) is 23.2 Å². The van der Waals surface area contributed by atoms with Crippen LogP contribution in [0.5, 0.6) is 5.75 Å². The van der Waals surface area contributed by atoms with Gasteiger partial charge in [-0.15, -0.1) is 0 Å². The lowest BCUT2D eigenvalue weighted by Crippen LogP contribution is -2.32.